The van der Waals surface area contributed by atoms with E-state index in [2.05, 4.69) is 26.1 Å². The number of nitrogens with one attached hydrogen (secondary N) is 3. The summed E-state index contributed by atoms with van der Waals surface area (Å²) in [5.74, 6) is -1.49. The highest BCUT2D eigenvalue weighted by atomic mass is 35.5. The molecule has 31 heavy (non-hydrogen) atoms. The maximum absolute atomic E-state index is 12.3. The number of aromatic nitrogens is 2. The number of halogens is 2. The van der Waals surface area contributed by atoms with Gasteiger partial charge in [-0.25, -0.2) is 9.97 Å². The first-order chi connectivity index (χ1) is 14.8. The number of nitro groups is 2. The summed E-state index contributed by atoms with van der Waals surface area (Å²) in [6, 6.07) is 9.69. The second-order valence-corrected chi connectivity index (χ2v) is 6.62. The van der Waals surface area contributed by atoms with Crippen molar-refractivity contribution >= 4 is 57.8 Å². The fraction of sp³-hybridized carbons (Fsp3) is 0. The molecule has 2 aromatic carbocycles. The molecule has 0 saturated heterocycles. The van der Waals surface area contributed by atoms with Crippen LogP contribution in [0.1, 0.15) is 10.4 Å². The third kappa shape index (κ3) is 4.94. The van der Waals surface area contributed by atoms with E-state index in [0.29, 0.717) is 5.02 Å². The second-order valence-electron chi connectivity index (χ2n) is 5.78. The van der Waals surface area contributed by atoms with Crippen molar-refractivity contribution in [3.8, 4) is 0 Å². The van der Waals surface area contributed by atoms with E-state index >= 15 is 0 Å². The lowest BCUT2D eigenvalue weighted by Crippen LogP contribution is -2.30. The summed E-state index contributed by atoms with van der Waals surface area (Å²) < 4.78 is 0. The standard InChI is InChI=1S/C17H11Cl2N7O5/c18-9-5-6-11(19)12(7-9)22-15-14(26(30)31)16(21-8-20-15)23-24-17(27)10-3-1-2-4-13(10)25(28)29/h1-8H,(H,24,27)(H2,20,21,22,23). The number of nitro benzene ring substituents is 1. The highest BCUT2D eigenvalue weighted by molar-refractivity contribution is 6.35. The number of rotatable bonds is 7. The smallest absolute Gasteiger partial charge is 0.333 e. The largest absolute Gasteiger partial charge is 0.355 e. The number of carbonyl (C=O) groups is 1. The Balaban J connectivity index is 1.88. The number of hydrazine groups is 1. The molecule has 158 valence electrons. The number of para-hydroxylation sites is 1. The van der Waals surface area contributed by atoms with Gasteiger partial charge in [0.15, 0.2) is 0 Å². The molecule has 1 amide bonds. The van der Waals surface area contributed by atoms with Crippen molar-refractivity contribution in [3.63, 3.8) is 0 Å². The van der Waals surface area contributed by atoms with Crippen LogP contribution < -0.4 is 16.2 Å². The SMILES string of the molecule is O=C(NNc1ncnc(Nc2cc(Cl)ccc2Cl)c1[N+](=O)[O-])c1ccccc1[N+](=O)[O-]. The molecule has 1 heterocycles. The molecule has 0 atom stereocenters. The number of hydrogen-bond acceptors (Lipinski definition) is 9. The van der Waals surface area contributed by atoms with Crippen LogP contribution in [0.2, 0.25) is 10.0 Å². The molecule has 0 bridgehead atoms. The van der Waals surface area contributed by atoms with Gasteiger partial charge in [-0.1, -0.05) is 35.3 Å². The number of anilines is 3. The summed E-state index contributed by atoms with van der Waals surface area (Å²) in [6.45, 7) is 0. The Hall–Kier alpha value is -4.03. The zero-order valence-electron chi connectivity index (χ0n) is 15.2. The van der Waals surface area contributed by atoms with Crippen LogP contribution in [-0.2, 0) is 0 Å². The van der Waals surface area contributed by atoms with Gasteiger partial charge >= 0.3 is 5.69 Å². The predicted molar refractivity (Wildman–Crippen MR) is 113 cm³/mol. The minimum absolute atomic E-state index is 0.230. The van der Waals surface area contributed by atoms with Gasteiger partial charge in [0.2, 0.25) is 11.6 Å². The molecule has 0 aliphatic rings. The van der Waals surface area contributed by atoms with Crippen molar-refractivity contribution in [2.24, 2.45) is 0 Å². The van der Waals surface area contributed by atoms with Crippen LogP contribution in [-0.4, -0.2) is 25.7 Å². The van der Waals surface area contributed by atoms with Gasteiger partial charge in [0, 0.05) is 11.1 Å². The molecule has 14 heteroatoms. The number of nitrogens with zero attached hydrogens (tertiary/aromatic N) is 4. The Bertz CT molecular complexity index is 1190. The summed E-state index contributed by atoms with van der Waals surface area (Å²) in [5, 5.41) is 26.0. The number of hydrogen-bond donors (Lipinski definition) is 3. The van der Waals surface area contributed by atoms with Gasteiger partial charge < -0.3 is 5.32 Å². The van der Waals surface area contributed by atoms with E-state index < -0.39 is 27.1 Å². The van der Waals surface area contributed by atoms with E-state index in [9.17, 15) is 25.0 Å². The number of carbonyl (C=O) groups excluding carboxylic acids is 1. The molecule has 0 aliphatic heterocycles. The number of amides is 1. The fourth-order valence-electron chi connectivity index (χ4n) is 2.46. The van der Waals surface area contributed by atoms with Gasteiger partial charge in [-0.15, -0.1) is 0 Å². The van der Waals surface area contributed by atoms with Crippen LogP contribution in [0.5, 0.6) is 0 Å². The molecule has 0 radical (unpaired) electrons. The van der Waals surface area contributed by atoms with Crippen LogP contribution in [0.3, 0.4) is 0 Å². The Morgan fingerprint density at radius 3 is 2.39 bits per heavy atom. The molecule has 0 spiro atoms. The number of benzene rings is 2. The van der Waals surface area contributed by atoms with Gasteiger partial charge in [-0.2, -0.15) is 0 Å². The van der Waals surface area contributed by atoms with Gasteiger partial charge in [0.1, 0.15) is 11.9 Å². The minimum Gasteiger partial charge on any atom is -0.333 e. The van der Waals surface area contributed by atoms with Crippen molar-refractivity contribution < 1.29 is 14.6 Å². The molecule has 0 saturated carbocycles. The highest BCUT2D eigenvalue weighted by Crippen LogP contribution is 2.34. The lowest BCUT2D eigenvalue weighted by atomic mass is 10.2. The minimum atomic E-state index is -0.896. The van der Waals surface area contributed by atoms with Crippen molar-refractivity contribution in [3.05, 3.63) is 84.6 Å². The van der Waals surface area contributed by atoms with Gasteiger partial charge in [0.25, 0.3) is 11.6 Å². The van der Waals surface area contributed by atoms with Crippen LogP contribution >= 0.6 is 23.2 Å². The van der Waals surface area contributed by atoms with E-state index in [1.165, 1.54) is 36.4 Å². The molecular formula is C17H11Cl2N7O5. The van der Waals surface area contributed by atoms with Crippen LogP contribution in [0, 0.1) is 20.2 Å². The van der Waals surface area contributed by atoms with Crippen molar-refractivity contribution in [2.45, 2.75) is 0 Å². The van der Waals surface area contributed by atoms with E-state index in [1.54, 1.807) is 0 Å². The third-order valence-electron chi connectivity index (χ3n) is 3.83. The van der Waals surface area contributed by atoms with Crippen molar-refractivity contribution in [2.75, 3.05) is 10.7 Å². The first kappa shape index (κ1) is 21.7. The molecule has 3 rings (SSSR count). The predicted octanol–water partition coefficient (Wildman–Crippen LogP) is 4.10. The van der Waals surface area contributed by atoms with Gasteiger partial charge in [-0.3, -0.25) is 35.9 Å². The van der Waals surface area contributed by atoms with Crippen molar-refractivity contribution in [1.82, 2.24) is 15.4 Å². The molecule has 0 unspecified atom stereocenters. The fourth-order valence-corrected chi connectivity index (χ4v) is 2.80. The van der Waals surface area contributed by atoms with E-state index in [0.717, 1.165) is 12.4 Å². The zero-order chi connectivity index (χ0) is 22.5. The molecule has 0 aliphatic carbocycles. The zero-order valence-corrected chi connectivity index (χ0v) is 16.7. The Morgan fingerprint density at radius 1 is 0.968 bits per heavy atom. The molecular weight excluding hydrogens is 453 g/mol. The molecule has 12 nitrogen and oxygen atoms in total. The highest BCUT2D eigenvalue weighted by Gasteiger charge is 2.25. The van der Waals surface area contributed by atoms with Crippen molar-refractivity contribution in [1.29, 1.82) is 0 Å². The molecule has 3 aromatic rings. The monoisotopic (exact) mass is 463 g/mol. The Morgan fingerprint density at radius 2 is 1.68 bits per heavy atom. The Labute approximate surface area is 183 Å². The summed E-state index contributed by atoms with van der Waals surface area (Å²) in [5.41, 5.74) is 3.41. The summed E-state index contributed by atoms with van der Waals surface area (Å²) in [4.78, 5) is 41.1. The maximum atomic E-state index is 12.3. The third-order valence-corrected chi connectivity index (χ3v) is 4.39. The summed E-state index contributed by atoms with van der Waals surface area (Å²) in [6.07, 6.45) is 1.01. The first-order valence-corrected chi connectivity index (χ1v) is 9.04. The topological polar surface area (TPSA) is 165 Å². The normalized spacial score (nSPS) is 10.3. The molecule has 1 aromatic heterocycles. The molecule has 3 N–H and O–H groups in total. The van der Waals surface area contributed by atoms with Crippen LogP contribution in [0.25, 0.3) is 0 Å². The maximum Gasteiger partial charge on any atom is 0.355 e. The second kappa shape index (κ2) is 9.19. The van der Waals surface area contributed by atoms with E-state index in [-0.39, 0.29) is 27.9 Å². The van der Waals surface area contributed by atoms with Gasteiger partial charge in [0.05, 0.1) is 20.6 Å². The lowest BCUT2D eigenvalue weighted by molar-refractivity contribution is -0.385. The molecule has 0 fully saturated rings. The quantitative estimate of drug-likeness (QED) is 0.345. The van der Waals surface area contributed by atoms with Crippen LogP contribution in [0.4, 0.5) is 28.7 Å². The summed E-state index contributed by atoms with van der Waals surface area (Å²) >= 11 is 12.0. The summed E-state index contributed by atoms with van der Waals surface area (Å²) in [7, 11) is 0. The van der Waals surface area contributed by atoms with Gasteiger partial charge in [-0.05, 0) is 24.3 Å². The Kier molecular flexibility index (Phi) is 6.43. The average Bonchev–Trinajstić information content (AvgIpc) is 2.74. The van der Waals surface area contributed by atoms with Crippen LogP contribution in [0.15, 0.2) is 48.8 Å². The average molecular weight is 464 g/mol. The lowest BCUT2D eigenvalue weighted by Gasteiger charge is -2.12. The van der Waals surface area contributed by atoms with E-state index in [1.807, 2.05) is 0 Å². The van der Waals surface area contributed by atoms with E-state index in [4.69, 9.17) is 23.2 Å². The first-order valence-electron chi connectivity index (χ1n) is 8.29.